The predicted molar refractivity (Wildman–Crippen MR) is 50.6 cm³/mol. The summed E-state index contributed by atoms with van der Waals surface area (Å²) in [5.74, 6) is 0.0209. The van der Waals surface area contributed by atoms with Gasteiger partial charge in [0.2, 0.25) is 0 Å². The van der Waals surface area contributed by atoms with Gasteiger partial charge in [0.15, 0.2) is 0 Å². The molecule has 0 N–H and O–H groups in total. The van der Waals surface area contributed by atoms with E-state index < -0.39 is 10.2 Å². The molecule has 0 unspecified atom stereocenters. The second-order valence-electron chi connectivity index (χ2n) is 3.12. The van der Waals surface area contributed by atoms with E-state index in [-0.39, 0.29) is 5.75 Å². The minimum atomic E-state index is -4.42. The van der Waals surface area contributed by atoms with Crippen molar-refractivity contribution in [1.29, 1.82) is 0 Å². The SMILES string of the molecule is CCN(CC)c1ccc(O[Cl+3]([O-])([O-])[O-])cc1. The third-order valence-corrected chi connectivity index (χ3v) is 2.52. The van der Waals surface area contributed by atoms with E-state index in [9.17, 15) is 14.0 Å². The number of anilines is 1. The zero-order chi connectivity index (χ0) is 12.2. The maximum Gasteiger partial charge on any atom is 0.288 e. The minimum absolute atomic E-state index is 0.0209. The molecule has 0 radical (unpaired) electrons. The van der Waals surface area contributed by atoms with Gasteiger partial charge in [-0.25, -0.2) is 0 Å². The van der Waals surface area contributed by atoms with Crippen LogP contribution < -0.4 is 23.2 Å². The third kappa shape index (κ3) is 3.86. The lowest BCUT2D eigenvalue weighted by molar-refractivity contribution is -1.91. The first-order chi connectivity index (χ1) is 7.46. The van der Waals surface area contributed by atoms with Gasteiger partial charge in [0.25, 0.3) is 5.75 Å². The molecule has 1 aromatic carbocycles. The molecular weight excluding hydrogens is 234 g/mol. The molecule has 0 spiro atoms. The molecule has 0 amide bonds. The maximum absolute atomic E-state index is 10.3. The van der Waals surface area contributed by atoms with Gasteiger partial charge in [-0.2, -0.15) is 14.0 Å². The normalized spacial score (nSPS) is 11.3. The average Bonchev–Trinajstić information content (AvgIpc) is 2.20. The topological polar surface area (TPSA) is 81.7 Å². The second-order valence-corrected chi connectivity index (χ2v) is 4.03. The first-order valence-corrected chi connectivity index (χ1v) is 6.15. The van der Waals surface area contributed by atoms with Gasteiger partial charge in [-0.05, 0) is 38.1 Å². The fourth-order valence-electron chi connectivity index (χ4n) is 1.41. The van der Waals surface area contributed by atoms with Crippen LogP contribution in [0.4, 0.5) is 5.69 Å². The highest BCUT2D eigenvalue weighted by molar-refractivity contribution is 5.48. The zero-order valence-corrected chi connectivity index (χ0v) is 9.94. The molecule has 0 saturated carbocycles. The van der Waals surface area contributed by atoms with Crippen molar-refractivity contribution in [1.82, 2.24) is 0 Å². The van der Waals surface area contributed by atoms with Crippen LogP contribution in [0.25, 0.3) is 0 Å². The van der Waals surface area contributed by atoms with Gasteiger partial charge in [-0.3, -0.25) is 0 Å². The van der Waals surface area contributed by atoms with E-state index in [1.54, 1.807) is 12.1 Å². The summed E-state index contributed by atoms with van der Waals surface area (Å²) in [7, 11) is -4.42. The van der Waals surface area contributed by atoms with Gasteiger partial charge in [0, 0.05) is 18.8 Å². The Bertz CT molecular complexity index is 319. The molecule has 0 aliphatic rings. The van der Waals surface area contributed by atoms with E-state index >= 15 is 0 Å². The molecule has 0 aliphatic heterocycles. The minimum Gasteiger partial charge on any atom is -0.372 e. The van der Waals surface area contributed by atoms with Crippen molar-refractivity contribution in [3.8, 4) is 5.75 Å². The molecule has 1 rings (SSSR count). The molecule has 90 valence electrons. The van der Waals surface area contributed by atoms with Crippen molar-refractivity contribution in [2.75, 3.05) is 18.0 Å². The molecule has 0 bridgehead atoms. The van der Waals surface area contributed by atoms with Crippen LogP contribution >= 0.6 is 0 Å². The lowest BCUT2D eigenvalue weighted by atomic mass is 10.2. The number of halogens is 1. The Morgan fingerprint density at radius 3 is 1.94 bits per heavy atom. The summed E-state index contributed by atoms with van der Waals surface area (Å²) in [6.07, 6.45) is 0. The fourth-order valence-corrected chi connectivity index (χ4v) is 1.73. The van der Waals surface area contributed by atoms with Crippen molar-refractivity contribution < 1.29 is 28.5 Å². The monoisotopic (exact) mass is 247 g/mol. The second kappa shape index (κ2) is 5.36. The number of rotatable bonds is 5. The molecule has 1 aromatic rings. The molecular formula is C10H14ClNO4. The predicted octanol–water partition coefficient (Wildman–Crippen LogP) is -1.19. The Morgan fingerprint density at radius 1 is 1.06 bits per heavy atom. The van der Waals surface area contributed by atoms with E-state index in [1.165, 1.54) is 12.1 Å². The first-order valence-electron chi connectivity index (χ1n) is 4.91. The Kier molecular flexibility index (Phi) is 4.37. The summed E-state index contributed by atoms with van der Waals surface area (Å²) in [5.41, 5.74) is 0.956. The standard InChI is InChI=1S/C10H14ClNO4/c1-3-12(4-2)9-5-7-10(8-6-9)16-11(13,14)15/h5-8H,3-4H2,1-2H3. The molecule has 0 atom stereocenters. The highest BCUT2D eigenvalue weighted by Crippen LogP contribution is 2.20. The highest BCUT2D eigenvalue weighted by Gasteiger charge is 2.18. The summed E-state index contributed by atoms with van der Waals surface area (Å²) >= 11 is 0. The quantitative estimate of drug-likeness (QED) is 0.654. The molecule has 0 aliphatic carbocycles. The van der Waals surface area contributed by atoms with Crippen molar-refractivity contribution in [2.45, 2.75) is 13.8 Å². The molecule has 6 heteroatoms. The van der Waals surface area contributed by atoms with Gasteiger partial charge < -0.3 is 4.90 Å². The average molecular weight is 248 g/mol. The van der Waals surface area contributed by atoms with Crippen LogP contribution in [0.3, 0.4) is 0 Å². The molecule has 0 aromatic heterocycles. The molecule has 5 nitrogen and oxygen atoms in total. The highest BCUT2D eigenvalue weighted by atomic mass is 35.7. The summed E-state index contributed by atoms with van der Waals surface area (Å²) < 4.78 is 35.1. The number of hydrogen-bond donors (Lipinski definition) is 0. The van der Waals surface area contributed by atoms with Crippen LogP contribution in [0, 0.1) is 10.2 Å². The van der Waals surface area contributed by atoms with Crippen LogP contribution in [0.5, 0.6) is 5.75 Å². The van der Waals surface area contributed by atoms with Crippen LogP contribution in [0.1, 0.15) is 13.8 Å². The molecule has 0 saturated heterocycles. The van der Waals surface area contributed by atoms with Crippen LogP contribution in [-0.2, 0) is 0 Å². The number of nitrogens with zero attached hydrogens (tertiary/aromatic N) is 1. The Balaban J connectivity index is 2.75. The lowest BCUT2D eigenvalue weighted by Crippen LogP contribution is -2.63. The zero-order valence-electron chi connectivity index (χ0n) is 9.18. The summed E-state index contributed by atoms with van der Waals surface area (Å²) in [5, 5.41) is 0. The molecule has 0 heterocycles. The van der Waals surface area contributed by atoms with E-state index in [2.05, 4.69) is 9.19 Å². The van der Waals surface area contributed by atoms with Crippen molar-refractivity contribution in [2.24, 2.45) is 0 Å². The smallest absolute Gasteiger partial charge is 0.288 e. The lowest BCUT2D eigenvalue weighted by Gasteiger charge is -2.20. The molecule has 0 fully saturated rings. The first kappa shape index (κ1) is 13.1. The van der Waals surface area contributed by atoms with Gasteiger partial charge in [0.1, 0.15) is 10.2 Å². The van der Waals surface area contributed by atoms with Gasteiger partial charge in [-0.1, -0.05) is 4.29 Å². The van der Waals surface area contributed by atoms with Crippen LogP contribution in [0.2, 0.25) is 0 Å². The Morgan fingerprint density at radius 2 is 1.56 bits per heavy atom. The Labute approximate surface area is 96.6 Å². The molecule has 16 heavy (non-hydrogen) atoms. The van der Waals surface area contributed by atoms with Crippen LogP contribution in [-0.4, -0.2) is 13.1 Å². The summed E-state index contributed by atoms with van der Waals surface area (Å²) in [6.45, 7) is 5.76. The van der Waals surface area contributed by atoms with E-state index in [4.69, 9.17) is 0 Å². The maximum atomic E-state index is 10.3. The Hall–Kier alpha value is -1.01. The largest absolute Gasteiger partial charge is 0.372 e. The summed E-state index contributed by atoms with van der Waals surface area (Å²) in [6, 6.07) is 6.33. The number of benzene rings is 1. The van der Waals surface area contributed by atoms with E-state index in [0.717, 1.165) is 18.8 Å². The third-order valence-electron chi connectivity index (χ3n) is 2.15. The van der Waals surface area contributed by atoms with E-state index in [1.807, 2.05) is 13.8 Å². The van der Waals surface area contributed by atoms with Gasteiger partial charge in [-0.15, -0.1) is 0 Å². The number of hydrogen-bond acceptors (Lipinski definition) is 5. The van der Waals surface area contributed by atoms with Crippen LogP contribution in [0.15, 0.2) is 24.3 Å². The van der Waals surface area contributed by atoms with Crippen molar-refractivity contribution in [3.63, 3.8) is 0 Å². The summed E-state index contributed by atoms with van der Waals surface area (Å²) in [4.78, 5) is 2.09. The van der Waals surface area contributed by atoms with Crippen molar-refractivity contribution >= 4 is 5.69 Å². The van der Waals surface area contributed by atoms with Crippen molar-refractivity contribution in [3.05, 3.63) is 24.3 Å². The van der Waals surface area contributed by atoms with E-state index in [0.29, 0.717) is 0 Å². The fraction of sp³-hybridized carbons (Fsp3) is 0.400. The van der Waals surface area contributed by atoms with Gasteiger partial charge >= 0.3 is 0 Å². The van der Waals surface area contributed by atoms with Gasteiger partial charge in [0.05, 0.1) is 0 Å².